The molecule has 0 spiro atoms. The molecular formula is C11H18N2O2S. The van der Waals surface area contributed by atoms with E-state index < -0.39 is 15.4 Å². The summed E-state index contributed by atoms with van der Waals surface area (Å²) >= 11 is 0. The molecule has 0 aliphatic heterocycles. The average molecular weight is 242 g/mol. The van der Waals surface area contributed by atoms with Crippen LogP contribution in [0.2, 0.25) is 0 Å². The van der Waals surface area contributed by atoms with Crippen molar-refractivity contribution < 1.29 is 8.42 Å². The number of benzene rings is 1. The van der Waals surface area contributed by atoms with Crippen LogP contribution in [-0.4, -0.2) is 20.2 Å². The first-order chi connectivity index (χ1) is 7.12. The standard InChI is InChI=1S/C11H18N2O2S/c1-11(2,13)10(12)8-4-6-9(7-5-8)16(3,14)15/h4-7,10H,12-13H2,1-3H3. The molecule has 5 heteroatoms. The average Bonchev–Trinajstić information content (AvgIpc) is 2.14. The Morgan fingerprint density at radius 3 is 1.94 bits per heavy atom. The van der Waals surface area contributed by atoms with E-state index in [4.69, 9.17) is 11.5 Å². The second-order valence-corrected chi connectivity index (χ2v) is 6.66. The van der Waals surface area contributed by atoms with Crippen molar-refractivity contribution in [3.63, 3.8) is 0 Å². The van der Waals surface area contributed by atoms with Crippen molar-refractivity contribution >= 4 is 9.84 Å². The van der Waals surface area contributed by atoms with Crippen LogP contribution in [0.5, 0.6) is 0 Å². The van der Waals surface area contributed by atoms with E-state index in [2.05, 4.69) is 0 Å². The molecule has 0 aromatic heterocycles. The van der Waals surface area contributed by atoms with Crippen LogP contribution < -0.4 is 11.5 Å². The maximum atomic E-state index is 11.3. The molecule has 16 heavy (non-hydrogen) atoms. The Morgan fingerprint density at radius 1 is 1.19 bits per heavy atom. The van der Waals surface area contributed by atoms with Crippen LogP contribution in [0, 0.1) is 0 Å². The second kappa shape index (κ2) is 4.16. The molecule has 4 nitrogen and oxygen atoms in total. The van der Waals surface area contributed by atoms with Gasteiger partial charge < -0.3 is 11.5 Å². The number of sulfone groups is 1. The summed E-state index contributed by atoms with van der Waals surface area (Å²) in [5.41, 5.74) is 12.1. The van der Waals surface area contributed by atoms with Crippen LogP contribution in [-0.2, 0) is 9.84 Å². The van der Waals surface area contributed by atoms with Crippen molar-refractivity contribution in [3.8, 4) is 0 Å². The fourth-order valence-electron chi connectivity index (χ4n) is 1.35. The van der Waals surface area contributed by atoms with E-state index in [0.717, 1.165) is 5.56 Å². The normalized spacial score (nSPS) is 14.8. The molecule has 0 saturated heterocycles. The van der Waals surface area contributed by atoms with Gasteiger partial charge in [0.2, 0.25) is 0 Å². The van der Waals surface area contributed by atoms with E-state index in [-0.39, 0.29) is 6.04 Å². The van der Waals surface area contributed by atoms with Crippen molar-refractivity contribution in [2.24, 2.45) is 11.5 Å². The molecule has 0 aliphatic rings. The maximum Gasteiger partial charge on any atom is 0.175 e. The summed E-state index contributed by atoms with van der Waals surface area (Å²) in [4.78, 5) is 0.290. The molecule has 0 heterocycles. The lowest BCUT2D eigenvalue weighted by molar-refractivity contribution is 0.420. The summed E-state index contributed by atoms with van der Waals surface area (Å²) in [7, 11) is -3.15. The molecule has 0 saturated carbocycles. The Balaban J connectivity index is 3.05. The monoisotopic (exact) mass is 242 g/mol. The first kappa shape index (κ1) is 13.2. The molecule has 0 fully saturated rings. The number of hydrogen-bond donors (Lipinski definition) is 2. The van der Waals surface area contributed by atoms with Crippen LogP contribution in [0.1, 0.15) is 25.5 Å². The zero-order chi connectivity index (χ0) is 12.6. The minimum Gasteiger partial charge on any atom is -0.324 e. The Labute approximate surface area is 96.6 Å². The summed E-state index contributed by atoms with van der Waals surface area (Å²) in [6.45, 7) is 3.67. The van der Waals surface area contributed by atoms with Crippen molar-refractivity contribution in [2.75, 3.05) is 6.26 Å². The Hall–Kier alpha value is -0.910. The van der Waals surface area contributed by atoms with Gasteiger partial charge in [-0.1, -0.05) is 12.1 Å². The van der Waals surface area contributed by atoms with E-state index in [1.54, 1.807) is 24.3 Å². The Morgan fingerprint density at radius 2 is 1.62 bits per heavy atom. The van der Waals surface area contributed by atoms with Gasteiger partial charge in [-0.15, -0.1) is 0 Å². The van der Waals surface area contributed by atoms with Gasteiger partial charge in [0.05, 0.1) is 4.90 Å². The number of nitrogens with two attached hydrogens (primary N) is 2. The SMILES string of the molecule is CC(C)(N)C(N)c1ccc(S(C)(=O)=O)cc1. The largest absolute Gasteiger partial charge is 0.324 e. The molecule has 1 aromatic carbocycles. The zero-order valence-corrected chi connectivity index (χ0v) is 10.6. The summed E-state index contributed by atoms with van der Waals surface area (Å²) in [6, 6.07) is 6.19. The highest BCUT2D eigenvalue weighted by Crippen LogP contribution is 2.22. The minimum absolute atomic E-state index is 0.290. The minimum atomic E-state index is -3.15. The molecule has 90 valence electrons. The quantitative estimate of drug-likeness (QED) is 0.822. The molecule has 1 unspecified atom stereocenters. The van der Waals surface area contributed by atoms with Crippen LogP contribution in [0.25, 0.3) is 0 Å². The molecule has 4 N–H and O–H groups in total. The predicted molar refractivity (Wildman–Crippen MR) is 64.7 cm³/mol. The third kappa shape index (κ3) is 3.04. The fraction of sp³-hybridized carbons (Fsp3) is 0.455. The van der Waals surface area contributed by atoms with Gasteiger partial charge in [0.25, 0.3) is 0 Å². The summed E-state index contributed by atoms with van der Waals surface area (Å²) in [5.74, 6) is 0. The van der Waals surface area contributed by atoms with Gasteiger partial charge in [-0.05, 0) is 31.5 Å². The van der Waals surface area contributed by atoms with E-state index in [1.807, 2.05) is 13.8 Å². The number of rotatable bonds is 3. The van der Waals surface area contributed by atoms with Crippen molar-refractivity contribution in [3.05, 3.63) is 29.8 Å². The molecule has 0 bridgehead atoms. The lowest BCUT2D eigenvalue weighted by atomic mass is 9.91. The van der Waals surface area contributed by atoms with Crippen LogP contribution >= 0.6 is 0 Å². The first-order valence-corrected chi connectivity index (χ1v) is 6.86. The Bertz CT molecular complexity index is 458. The summed E-state index contributed by atoms with van der Waals surface area (Å²) in [6.07, 6.45) is 1.18. The van der Waals surface area contributed by atoms with Crippen LogP contribution in [0.15, 0.2) is 29.2 Å². The molecule has 0 aliphatic carbocycles. The van der Waals surface area contributed by atoms with Gasteiger partial charge in [-0.3, -0.25) is 0 Å². The van der Waals surface area contributed by atoms with Gasteiger partial charge in [0.15, 0.2) is 9.84 Å². The predicted octanol–water partition coefficient (Wildman–Crippen LogP) is 0.827. The highest BCUT2D eigenvalue weighted by Gasteiger charge is 2.22. The molecule has 0 amide bonds. The molecule has 1 aromatic rings. The van der Waals surface area contributed by atoms with Crippen molar-refractivity contribution in [1.82, 2.24) is 0 Å². The smallest absolute Gasteiger partial charge is 0.175 e. The van der Waals surface area contributed by atoms with Gasteiger partial charge in [-0.2, -0.15) is 0 Å². The lowest BCUT2D eigenvalue weighted by Crippen LogP contribution is -2.43. The van der Waals surface area contributed by atoms with Crippen LogP contribution in [0.4, 0.5) is 0 Å². The molecule has 0 radical (unpaired) electrons. The molecule has 1 rings (SSSR count). The van der Waals surface area contributed by atoms with Crippen molar-refractivity contribution in [2.45, 2.75) is 30.3 Å². The van der Waals surface area contributed by atoms with Gasteiger partial charge in [-0.25, -0.2) is 8.42 Å². The van der Waals surface area contributed by atoms with Gasteiger partial charge >= 0.3 is 0 Å². The van der Waals surface area contributed by atoms with E-state index in [9.17, 15) is 8.42 Å². The fourth-order valence-corrected chi connectivity index (χ4v) is 1.98. The zero-order valence-electron chi connectivity index (χ0n) is 9.77. The third-order valence-corrected chi connectivity index (χ3v) is 3.60. The van der Waals surface area contributed by atoms with E-state index in [0.29, 0.717) is 4.90 Å². The molecule has 1 atom stereocenters. The van der Waals surface area contributed by atoms with Crippen molar-refractivity contribution in [1.29, 1.82) is 0 Å². The first-order valence-electron chi connectivity index (χ1n) is 4.97. The summed E-state index contributed by atoms with van der Waals surface area (Å²) < 4.78 is 22.5. The molecular weight excluding hydrogens is 224 g/mol. The highest BCUT2D eigenvalue weighted by atomic mass is 32.2. The van der Waals surface area contributed by atoms with E-state index >= 15 is 0 Å². The Kier molecular flexibility index (Phi) is 3.42. The van der Waals surface area contributed by atoms with Gasteiger partial charge in [0.1, 0.15) is 0 Å². The number of hydrogen-bond acceptors (Lipinski definition) is 4. The highest BCUT2D eigenvalue weighted by molar-refractivity contribution is 7.90. The second-order valence-electron chi connectivity index (χ2n) is 4.64. The lowest BCUT2D eigenvalue weighted by Gasteiger charge is -2.27. The van der Waals surface area contributed by atoms with E-state index in [1.165, 1.54) is 6.26 Å². The summed E-state index contributed by atoms with van der Waals surface area (Å²) in [5, 5.41) is 0. The van der Waals surface area contributed by atoms with Crippen LogP contribution in [0.3, 0.4) is 0 Å². The van der Waals surface area contributed by atoms with Gasteiger partial charge in [0, 0.05) is 17.8 Å². The topological polar surface area (TPSA) is 86.2 Å². The maximum absolute atomic E-state index is 11.3. The third-order valence-electron chi connectivity index (χ3n) is 2.47.